The number of ether oxygens (including phenoxy) is 1. The van der Waals surface area contributed by atoms with Crippen molar-refractivity contribution in [3.8, 4) is 11.6 Å². The molecule has 0 saturated heterocycles. The topological polar surface area (TPSA) is 42.7 Å². The summed E-state index contributed by atoms with van der Waals surface area (Å²) in [6, 6.07) is 7.51. The van der Waals surface area contributed by atoms with Crippen LogP contribution in [0.4, 0.5) is 5.82 Å². The first kappa shape index (κ1) is 18.5. The average molecular weight is 373 g/mol. The average Bonchev–Trinajstić information content (AvgIpc) is 3.06. The van der Waals surface area contributed by atoms with Crippen LogP contribution in [0.1, 0.15) is 37.8 Å². The largest absolute Gasteiger partial charge is 0.438 e. The number of aromatic nitrogens is 3. The van der Waals surface area contributed by atoms with Crippen molar-refractivity contribution in [2.75, 3.05) is 18.0 Å². The number of aryl methyl sites for hydroxylation is 1. The lowest BCUT2D eigenvalue weighted by molar-refractivity contribution is 0.455. The van der Waals surface area contributed by atoms with Gasteiger partial charge in [0.15, 0.2) is 5.65 Å². The summed E-state index contributed by atoms with van der Waals surface area (Å²) in [6.45, 7) is 10.3. The molecule has 0 amide bonds. The van der Waals surface area contributed by atoms with E-state index in [1.54, 1.807) is 6.20 Å². The van der Waals surface area contributed by atoms with E-state index in [0.717, 1.165) is 54.3 Å². The van der Waals surface area contributed by atoms with Gasteiger partial charge in [0.25, 0.3) is 0 Å². The molecule has 0 unspecified atom stereocenters. The van der Waals surface area contributed by atoms with E-state index in [4.69, 9.17) is 16.3 Å². The number of benzene rings is 1. The lowest BCUT2D eigenvalue weighted by atomic mass is 10.2. The minimum atomic E-state index is 0.607. The highest BCUT2D eigenvalue weighted by Gasteiger charge is 2.19. The van der Waals surface area contributed by atoms with Crippen molar-refractivity contribution < 1.29 is 4.74 Å². The zero-order valence-electron chi connectivity index (χ0n) is 15.8. The minimum absolute atomic E-state index is 0.607. The van der Waals surface area contributed by atoms with Crippen molar-refractivity contribution in [3.63, 3.8) is 0 Å². The molecule has 3 aromatic rings. The Hall–Kier alpha value is -2.27. The highest BCUT2D eigenvalue weighted by Crippen LogP contribution is 2.33. The van der Waals surface area contributed by atoms with Crippen LogP contribution in [0.25, 0.3) is 5.65 Å². The van der Waals surface area contributed by atoms with Crippen molar-refractivity contribution in [3.05, 3.63) is 46.6 Å². The van der Waals surface area contributed by atoms with E-state index in [9.17, 15) is 0 Å². The van der Waals surface area contributed by atoms with E-state index in [2.05, 4.69) is 28.8 Å². The first-order valence-electron chi connectivity index (χ1n) is 9.08. The monoisotopic (exact) mass is 372 g/mol. The van der Waals surface area contributed by atoms with E-state index in [1.807, 2.05) is 42.6 Å². The predicted octanol–water partition coefficient (Wildman–Crippen LogP) is 5.42. The molecule has 0 aliphatic carbocycles. The van der Waals surface area contributed by atoms with Gasteiger partial charge in [0, 0.05) is 24.2 Å². The first-order valence-corrected chi connectivity index (χ1v) is 9.46. The molecule has 2 aromatic heterocycles. The second kappa shape index (κ2) is 7.96. The van der Waals surface area contributed by atoms with Crippen LogP contribution in [-0.2, 0) is 0 Å². The number of nitrogens with zero attached hydrogens (tertiary/aromatic N) is 4. The van der Waals surface area contributed by atoms with Gasteiger partial charge in [0.2, 0.25) is 5.88 Å². The number of rotatable bonds is 7. The predicted molar refractivity (Wildman–Crippen MR) is 107 cm³/mol. The van der Waals surface area contributed by atoms with Gasteiger partial charge in [-0.05, 0) is 50.5 Å². The molecule has 138 valence electrons. The highest BCUT2D eigenvalue weighted by atomic mass is 35.5. The van der Waals surface area contributed by atoms with Crippen molar-refractivity contribution in [2.24, 2.45) is 0 Å². The van der Waals surface area contributed by atoms with Gasteiger partial charge in [-0.1, -0.05) is 25.4 Å². The van der Waals surface area contributed by atoms with Crippen LogP contribution in [0.15, 0.2) is 30.5 Å². The highest BCUT2D eigenvalue weighted by molar-refractivity contribution is 6.30. The van der Waals surface area contributed by atoms with Crippen LogP contribution in [0.2, 0.25) is 5.02 Å². The lowest BCUT2D eigenvalue weighted by Crippen LogP contribution is -2.28. The molecule has 6 heteroatoms. The number of fused-ring (bicyclic) bond motifs is 1. The SMILES string of the molecule is CCCN(CCC)c1c(C)c(Oc2ccc(Cl)cc2C)nc2ccnn12. The van der Waals surface area contributed by atoms with Crippen LogP contribution in [0, 0.1) is 13.8 Å². The summed E-state index contributed by atoms with van der Waals surface area (Å²) in [4.78, 5) is 7.04. The Bertz CT molecular complexity index is 900. The van der Waals surface area contributed by atoms with Crippen molar-refractivity contribution in [1.82, 2.24) is 14.6 Å². The molecule has 5 nitrogen and oxygen atoms in total. The van der Waals surface area contributed by atoms with Gasteiger partial charge in [-0.15, -0.1) is 0 Å². The molecule has 0 bridgehead atoms. The maximum atomic E-state index is 6.18. The van der Waals surface area contributed by atoms with Gasteiger partial charge in [-0.3, -0.25) is 0 Å². The van der Waals surface area contributed by atoms with E-state index in [1.165, 1.54) is 0 Å². The minimum Gasteiger partial charge on any atom is -0.438 e. The summed E-state index contributed by atoms with van der Waals surface area (Å²) in [7, 11) is 0. The maximum absolute atomic E-state index is 6.18. The standard InChI is InChI=1S/C20H25ClN4O/c1-5-11-24(12-6-2)20-15(4)19(23-18-9-10-22-25(18)20)26-17-8-7-16(21)13-14(17)3/h7-10,13H,5-6,11-12H2,1-4H3. The summed E-state index contributed by atoms with van der Waals surface area (Å²) in [5.41, 5.74) is 2.74. The first-order chi connectivity index (χ1) is 12.5. The molecule has 3 rings (SSSR count). The molecule has 2 heterocycles. The molecule has 26 heavy (non-hydrogen) atoms. The molecule has 0 saturated carbocycles. The smallest absolute Gasteiger partial charge is 0.227 e. The summed E-state index contributed by atoms with van der Waals surface area (Å²) in [5, 5.41) is 5.18. The van der Waals surface area contributed by atoms with Crippen LogP contribution in [0.3, 0.4) is 0 Å². The van der Waals surface area contributed by atoms with Crippen LogP contribution < -0.4 is 9.64 Å². The number of halogens is 1. The number of anilines is 1. The summed E-state index contributed by atoms with van der Waals surface area (Å²) in [5.74, 6) is 2.42. The molecule has 0 fully saturated rings. The summed E-state index contributed by atoms with van der Waals surface area (Å²) >= 11 is 6.06. The fourth-order valence-electron chi connectivity index (χ4n) is 3.15. The van der Waals surface area contributed by atoms with Crippen LogP contribution in [-0.4, -0.2) is 27.7 Å². The third-order valence-corrected chi connectivity index (χ3v) is 4.56. The molecule has 0 radical (unpaired) electrons. The van der Waals surface area contributed by atoms with E-state index >= 15 is 0 Å². The van der Waals surface area contributed by atoms with Crippen molar-refractivity contribution in [1.29, 1.82) is 0 Å². The fourth-order valence-corrected chi connectivity index (χ4v) is 3.38. The Balaban J connectivity index is 2.10. The van der Waals surface area contributed by atoms with Gasteiger partial charge in [-0.2, -0.15) is 14.6 Å². The molecule has 0 N–H and O–H groups in total. The van der Waals surface area contributed by atoms with Crippen LogP contribution in [0.5, 0.6) is 11.6 Å². The maximum Gasteiger partial charge on any atom is 0.227 e. The van der Waals surface area contributed by atoms with E-state index < -0.39 is 0 Å². The molecular formula is C20H25ClN4O. The number of hydrogen-bond donors (Lipinski definition) is 0. The van der Waals surface area contributed by atoms with Gasteiger partial charge in [0.1, 0.15) is 11.6 Å². The van der Waals surface area contributed by atoms with Gasteiger partial charge in [0.05, 0.1) is 11.8 Å². The normalized spacial score (nSPS) is 11.1. The zero-order chi connectivity index (χ0) is 18.7. The third kappa shape index (κ3) is 3.63. The van der Waals surface area contributed by atoms with Crippen LogP contribution >= 0.6 is 11.6 Å². The van der Waals surface area contributed by atoms with E-state index in [-0.39, 0.29) is 0 Å². The molecule has 0 spiro atoms. The molecule has 0 aliphatic heterocycles. The van der Waals surface area contributed by atoms with Crippen molar-refractivity contribution in [2.45, 2.75) is 40.5 Å². The van der Waals surface area contributed by atoms with Gasteiger partial charge in [-0.25, -0.2) is 0 Å². The Morgan fingerprint density at radius 1 is 1.12 bits per heavy atom. The number of hydrogen-bond acceptors (Lipinski definition) is 4. The quantitative estimate of drug-likeness (QED) is 0.555. The summed E-state index contributed by atoms with van der Waals surface area (Å²) in [6.07, 6.45) is 3.91. The fraction of sp³-hybridized carbons (Fsp3) is 0.400. The second-order valence-electron chi connectivity index (χ2n) is 6.47. The third-order valence-electron chi connectivity index (χ3n) is 4.33. The summed E-state index contributed by atoms with van der Waals surface area (Å²) < 4.78 is 8.09. The lowest BCUT2D eigenvalue weighted by Gasteiger charge is -2.26. The van der Waals surface area contributed by atoms with Gasteiger partial charge < -0.3 is 9.64 Å². The van der Waals surface area contributed by atoms with E-state index in [0.29, 0.717) is 10.9 Å². The zero-order valence-corrected chi connectivity index (χ0v) is 16.5. The molecule has 0 aliphatic rings. The Morgan fingerprint density at radius 2 is 1.85 bits per heavy atom. The van der Waals surface area contributed by atoms with Gasteiger partial charge >= 0.3 is 0 Å². The Kier molecular flexibility index (Phi) is 5.67. The second-order valence-corrected chi connectivity index (χ2v) is 6.90. The Morgan fingerprint density at radius 3 is 2.50 bits per heavy atom. The molecule has 1 aromatic carbocycles. The molecule has 0 atom stereocenters. The Labute approximate surface area is 159 Å². The van der Waals surface area contributed by atoms with Crippen molar-refractivity contribution >= 4 is 23.1 Å². The molecular weight excluding hydrogens is 348 g/mol.